The molecule has 0 spiro atoms. The zero-order valence-electron chi connectivity index (χ0n) is 18.2. The highest BCUT2D eigenvalue weighted by Gasteiger charge is 2.71. The Balaban J connectivity index is 1.68. The number of halogens is 1. The summed E-state index contributed by atoms with van der Waals surface area (Å²) in [6, 6.07) is 23.0. The Morgan fingerprint density at radius 1 is 0.848 bits per heavy atom. The number of anilines is 1. The lowest BCUT2D eigenvalue weighted by molar-refractivity contribution is -0.168. The lowest BCUT2D eigenvalue weighted by Gasteiger charge is -2.56. The summed E-state index contributed by atoms with van der Waals surface area (Å²) in [5.74, 6) is -1.91. The van der Waals surface area contributed by atoms with Crippen LogP contribution < -0.4 is 4.90 Å². The minimum atomic E-state index is -0.962. The molecule has 0 saturated carbocycles. The second kappa shape index (κ2) is 7.26. The van der Waals surface area contributed by atoms with Crippen molar-refractivity contribution in [2.24, 2.45) is 11.8 Å². The zero-order chi connectivity index (χ0) is 22.9. The largest absolute Gasteiger partial charge is 0.355 e. The smallest absolute Gasteiger partial charge is 0.239 e. The molecular formula is C27H22ClNO4. The number of rotatable bonds is 4. The van der Waals surface area contributed by atoms with Crippen LogP contribution in [0.4, 0.5) is 5.69 Å². The third-order valence-corrected chi connectivity index (χ3v) is 7.79. The third-order valence-electron chi connectivity index (χ3n) is 7.55. The third kappa shape index (κ3) is 2.45. The maximum absolute atomic E-state index is 14.2. The minimum Gasteiger partial charge on any atom is -0.355 e. The van der Waals surface area contributed by atoms with Gasteiger partial charge in [0.1, 0.15) is 0 Å². The fourth-order valence-corrected chi connectivity index (χ4v) is 6.75. The molecule has 0 aromatic heterocycles. The van der Waals surface area contributed by atoms with Gasteiger partial charge in [-0.25, -0.2) is 4.90 Å². The average Bonchev–Trinajstić information content (AvgIpc) is 3.11. The highest BCUT2D eigenvalue weighted by atomic mass is 35.5. The Morgan fingerprint density at radius 2 is 1.45 bits per heavy atom. The molecule has 2 amide bonds. The first kappa shape index (κ1) is 20.6. The van der Waals surface area contributed by atoms with Gasteiger partial charge in [0.15, 0.2) is 6.29 Å². The number of ether oxygens (including phenoxy) is 2. The van der Waals surface area contributed by atoms with Crippen molar-refractivity contribution in [2.45, 2.75) is 17.6 Å². The standard InChI is InChI=1S/C27H22ClNO4/c1-32-26(33-2)27-19-12-5-3-10-17(19)21(18-11-4-6-13-20(18)27)22-23(27)25(31)29(24(22)30)16-9-7-8-15(28)14-16/h3-14,21-23,26H,1-2H3/t21?,22-,23-,27?/m0/s1. The van der Waals surface area contributed by atoms with Crippen LogP contribution in [0.1, 0.15) is 28.2 Å². The summed E-state index contributed by atoms with van der Waals surface area (Å²) in [5, 5.41) is 0.471. The average molecular weight is 460 g/mol. The summed E-state index contributed by atoms with van der Waals surface area (Å²) in [5.41, 5.74) is 3.59. The van der Waals surface area contributed by atoms with Gasteiger partial charge >= 0.3 is 0 Å². The molecule has 5 nitrogen and oxygen atoms in total. The van der Waals surface area contributed by atoms with Gasteiger partial charge in [0.05, 0.1) is 22.9 Å². The highest BCUT2D eigenvalue weighted by molar-refractivity contribution is 6.31. The summed E-state index contributed by atoms with van der Waals surface area (Å²) in [4.78, 5) is 29.5. The Bertz CT molecular complexity index is 1250. The molecule has 1 aliphatic heterocycles. The van der Waals surface area contributed by atoms with Gasteiger partial charge in [-0.3, -0.25) is 9.59 Å². The van der Waals surface area contributed by atoms with Crippen LogP contribution in [0.15, 0.2) is 72.8 Å². The lowest BCUT2D eigenvalue weighted by Crippen LogP contribution is -2.60. The van der Waals surface area contributed by atoms with Gasteiger partial charge in [-0.2, -0.15) is 0 Å². The van der Waals surface area contributed by atoms with Crippen LogP contribution in [0, 0.1) is 11.8 Å². The summed E-state index contributed by atoms with van der Waals surface area (Å²) >= 11 is 6.22. The first-order valence-corrected chi connectivity index (χ1v) is 11.3. The SMILES string of the molecule is COC(OC)C12c3ccccc3C(c3ccccc31)[C@@H]1C(=O)N(c3cccc(Cl)c3)C(=O)[C@H]12. The van der Waals surface area contributed by atoms with E-state index in [-0.39, 0.29) is 17.7 Å². The van der Waals surface area contributed by atoms with Crippen molar-refractivity contribution < 1.29 is 19.1 Å². The maximum Gasteiger partial charge on any atom is 0.239 e. The van der Waals surface area contributed by atoms with Crippen LogP contribution in [-0.4, -0.2) is 32.3 Å². The van der Waals surface area contributed by atoms with Gasteiger partial charge in [0, 0.05) is 25.2 Å². The Labute approximate surface area is 196 Å². The predicted molar refractivity (Wildman–Crippen MR) is 124 cm³/mol. The van der Waals surface area contributed by atoms with Gasteiger partial charge < -0.3 is 9.47 Å². The van der Waals surface area contributed by atoms with Crippen molar-refractivity contribution in [3.05, 3.63) is 100 Å². The summed E-state index contributed by atoms with van der Waals surface area (Å²) in [6.45, 7) is 0. The molecule has 1 fully saturated rings. The van der Waals surface area contributed by atoms with E-state index in [4.69, 9.17) is 21.1 Å². The second-order valence-electron chi connectivity index (χ2n) is 8.82. The molecule has 0 N–H and O–H groups in total. The fourth-order valence-electron chi connectivity index (χ4n) is 6.57. The molecule has 33 heavy (non-hydrogen) atoms. The van der Waals surface area contributed by atoms with E-state index in [1.165, 1.54) is 4.90 Å². The van der Waals surface area contributed by atoms with Crippen LogP contribution in [0.2, 0.25) is 5.02 Å². The monoisotopic (exact) mass is 459 g/mol. The van der Waals surface area contributed by atoms with Gasteiger partial charge in [0.25, 0.3) is 0 Å². The molecule has 2 bridgehead atoms. The van der Waals surface area contributed by atoms with E-state index >= 15 is 0 Å². The molecule has 2 atom stereocenters. The number of carbonyl (C=O) groups is 2. The molecule has 0 unspecified atom stereocenters. The molecule has 3 aromatic carbocycles. The van der Waals surface area contributed by atoms with Crippen molar-refractivity contribution in [3.63, 3.8) is 0 Å². The van der Waals surface area contributed by atoms with Crippen molar-refractivity contribution in [1.82, 2.24) is 0 Å². The van der Waals surface area contributed by atoms with Crippen molar-refractivity contribution in [3.8, 4) is 0 Å². The number of nitrogens with zero attached hydrogens (tertiary/aromatic N) is 1. The molecule has 1 heterocycles. The number of carbonyl (C=O) groups excluding carboxylic acids is 2. The highest BCUT2D eigenvalue weighted by Crippen LogP contribution is 2.65. The number of hydrogen-bond donors (Lipinski definition) is 0. The first-order chi connectivity index (χ1) is 16.1. The van der Waals surface area contributed by atoms with Crippen LogP contribution in [0.25, 0.3) is 0 Å². The van der Waals surface area contributed by atoms with E-state index in [9.17, 15) is 9.59 Å². The van der Waals surface area contributed by atoms with Crippen LogP contribution in [-0.2, 0) is 24.5 Å². The quantitative estimate of drug-likeness (QED) is 0.425. The Morgan fingerprint density at radius 3 is 2.03 bits per heavy atom. The molecular weight excluding hydrogens is 438 g/mol. The molecule has 166 valence electrons. The Kier molecular flexibility index (Phi) is 4.53. The number of hydrogen-bond acceptors (Lipinski definition) is 4. The van der Waals surface area contributed by atoms with Crippen LogP contribution >= 0.6 is 11.6 Å². The van der Waals surface area contributed by atoms with Crippen LogP contribution in [0.3, 0.4) is 0 Å². The van der Waals surface area contributed by atoms with Crippen LogP contribution in [0.5, 0.6) is 0 Å². The first-order valence-electron chi connectivity index (χ1n) is 10.9. The van der Waals surface area contributed by atoms with E-state index in [1.54, 1.807) is 38.5 Å². The molecule has 3 aliphatic carbocycles. The number of benzene rings is 3. The van der Waals surface area contributed by atoms with Gasteiger partial charge in [-0.05, 0) is 40.5 Å². The van der Waals surface area contributed by atoms with Crippen molar-refractivity contribution in [2.75, 3.05) is 19.1 Å². The van der Waals surface area contributed by atoms with E-state index in [1.807, 2.05) is 36.4 Å². The molecule has 6 heteroatoms. The molecule has 0 radical (unpaired) electrons. The van der Waals surface area contributed by atoms with Gasteiger partial charge in [-0.1, -0.05) is 66.2 Å². The predicted octanol–water partition coefficient (Wildman–Crippen LogP) is 4.51. The summed E-state index contributed by atoms with van der Waals surface area (Å²) < 4.78 is 11.8. The maximum atomic E-state index is 14.2. The van der Waals surface area contributed by atoms with E-state index in [0.717, 1.165) is 22.3 Å². The topological polar surface area (TPSA) is 55.8 Å². The Hall–Kier alpha value is -2.99. The van der Waals surface area contributed by atoms with Gasteiger partial charge in [-0.15, -0.1) is 0 Å². The molecule has 4 aliphatic rings. The van der Waals surface area contributed by atoms with Gasteiger partial charge in [0.2, 0.25) is 11.8 Å². The second-order valence-corrected chi connectivity index (χ2v) is 9.26. The number of imide groups is 1. The normalized spacial score (nSPS) is 27.0. The van der Waals surface area contributed by atoms with Crippen molar-refractivity contribution in [1.29, 1.82) is 0 Å². The van der Waals surface area contributed by atoms with E-state index < -0.39 is 23.5 Å². The van der Waals surface area contributed by atoms with E-state index in [0.29, 0.717) is 10.7 Å². The van der Waals surface area contributed by atoms with Crippen molar-refractivity contribution >= 4 is 29.1 Å². The molecule has 7 rings (SSSR count). The van der Waals surface area contributed by atoms with E-state index in [2.05, 4.69) is 12.1 Å². The summed E-state index contributed by atoms with van der Waals surface area (Å²) in [7, 11) is 3.17. The summed E-state index contributed by atoms with van der Waals surface area (Å²) in [6.07, 6.45) is -0.760. The lowest BCUT2D eigenvalue weighted by atomic mass is 9.47. The number of methoxy groups -OCH3 is 2. The zero-order valence-corrected chi connectivity index (χ0v) is 19.0. The number of amides is 2. The fraction of sp³-hybridized carbons (Fsp3) is 0.259. The minimum absolute atomic E-state index is 0.211. The molecule has 1 saturated heterocycles. The molecule has 3 aromatic rings.